The van der Waals surface area contributed by atoms with Gasteiger partial charge >= 0.3 is 0 Å². The van der Waals surface area contributed by atoms with Gasteiger partial charge in [0.2, 0.25) is 0 Å². The van der Waals surface area contributed by atoms with E-state index in [0.29, 0.717) is 17.2 Å². The minimum absolute atomic E-state index is 0.0621. The van der Waals surface area contributed by atoms with Crippen LogP contribution in [0.15, 0.2) is 30.9 Å². The number of nitrogens with two attached hydrogens (primary N) is 1. The molecule has 2 aromatic rings. The van der Waals surface area contributed by atoms with Crippen LogP contribution in [-0.4, -0.2) is 17.4 Å². The summed E-state index contributed by atoms with van der Waals surface area (Å²) >= 11 is 1.39. The largest absolute Gasteiger partial charge is 0.375 e. The van der Waals surface area contributed by atoms with Crippen LogP contribution in [0.5, 0.6) is 0 Å². The number of nitrogens with zero attached hydrogens (tertiary/aromatic N) is 1. The third kappa shape index (κ3) is 2.87. The second-order valence-corrected chi connectivity index (χ2v) is 4.98. The van der Waals surface area contributed by atoms with Crippen molar-refractivity contribution < 1.29 is 4.79 Å². The second kappa shape index (κ2) is 5.64. The molecule has 0 aliphatic rings. The van der Waals surface area contributed by atoms with Crippen LogP contribution in [0.1, 0.15) is 23.2 Å². The molecule has 0 unspecified atom stereocenters. The summed E-state index contributed by atoms with van der Waals surface area (Å²) in [4.78, 5) is 16.0. The van der Waals surface area contributed by atoms with Crippen molar-refractivity contribution in [2.75, 3.05) is 12.3 Å². The zero-order valence-electron chi connectivity index (χ0n) is 9.98. The van der Waals surface area contributed by atoms with Gasteiger partial charge in [-0.1, -0.05) is 17.4 Å². The third-order valence-corrected chi connectivity index (χ3v) is 3.39. The summed E-state index contributed by atoms with van der Waals surface area (Å²) in [5.74, 6) is -0.0621. The predicted molar refractivity (Wildman–Crippen MR) is 75.8 cm³/mol. The Labute approximate surface area is 110 Å². The highest BCUT2D eigenvalue weighted by molar-refractivity contribution is 7.22. The van der Waals surface area contributed by atoms with Gasteiger partial charge < -0.3 is 11.1 Å². The number of carbonyl (C=O) groups excluding carboxylic acids is 1. The number of carbonyl (C=O) groups is 1. The zero-order chi connectivity index (χ0) is 13.0. The fourth-order valence-electron chi connectivity index (χ4n) is 1.63. The smallest absolute Gasteiger partial charge is 0.251 e. The van der Waals surface area contributed by atoms with Crippen LogP contribution in [0.25, 0.3) is 10.2 Å². The fourth-order valence-corrected chi connectivity index (χ4v) is 2.41. The summed E-state index contributed by atoms with van der Waals surface area (Å²) in [5.41, 5.74) is 7.11. The second-order valence-electron chi connectivity index (χ2n) is 3.92. The lowest BCUT2D eigenvalue weighted by molar-refractivity contribution is 0.0953. The molecule has 0 spiro atoms. The number of benzene rings is 1. The average molecular weight is 261 g/mol. The first-order chi connectivity index (χ1) is 8.70. The zero-order valence-corrected chi connectivity index (χ0v) is 10.8. The number of unbranched alkanes of at least 4 members (excludes halogenated alkanes) is 1. The molecule has 0 aliphatic heterocycles. The molecule has 0 atom stereocenters. The summed E-state index contributed by atoms with van der Waals surface area (Å²) < 4.78 is 0.936. The molecule has 4 nitrogen and oxygen atoms in total. The van der Waals surface area contributed by atoms with Crippen LogP contribution in [-0.2, 0) is 0 Å². The number of hydrogen-bond acceptors (Lipinski definition) is 4. The number of allylic oxidation sites excluding steroid dienone is 1. The Morgan fingerprint density at radius 1 is 1.56 bits per heavy atom. The number of amides is 1. The lowest BCUT2D eigenvalue weighted by atomic mass is 10.2. The number of fused-ring (bicyclic) bond motifs is 1. The van der Waals surface area contributed by atoms with E-state index in [-0.39, 0.29) is 5.91 Å². The van der Waals surface area contributed by atoms with Gasteiger partial charge in [-0.25, -0.2) is 4.98 Å². The number of nitrogen functional groups attached to an aromatic ring is 1. The van der Waals surface area contributed by atoms with Crippen LogP contribution < -0.4 is 11.1 Å². The molecule has 0 saturated carbocycles. The fraction of sp³-hybridized carbons (Fsp3) is 0.231. The Morgan fingerprint density at radius 3 is 3.17 bits per heavy atom. The van der Waals surface area contributed by atoms with Crippen molar-refractivity contribution in [3.05, 3.63) is 36.4 Å². The average Bonchev–Trinajstić information content (AvgIpc) is 2.73. The molecule has 2 rings (SSSR count). The summed E-state index contributed by atoms with van der Waals surface area (Å²) in [7, 11) is 0. The monoisotopic (exact) mass is 261 g/mol. The first kappa shape index (κ1) is 12.6. The normalized spacial score (nSPS) is 10.4. The quantitative estimate of drug-likeness (QED) is 0.642. The number of anilines is 1. The molecule has 1 amide bonds. The van der Waals surface area contributed by atoms with Crippen LogP contribution in [0.3, 0.4) is 0 Å². The molecule has 0 fully saturated rings. The molecule has 0 saturated heterocycles. The van der Waals surface area contributed by atoms with Crippen molar-refractivity contribution >= 4 is 32.6 Å². The molecular formula is C13H15N3OS. The van der Waals surface area contributed by atoms with E-state index in [0.717, 1.165) is 23.1 Å². The summed E-state index contributed by atoms with van der Waals surface area (Å²) in [5, 5.41) is 3.39. The van der Waals surface area contributed by atoms with Gasteiger partial charge in [-0.2, -0.15) is 0 Å². The summed E-state index contributed by atoms with van der Waals surface area (Å²) in [6.07, 6.45) is 3.66. The van der Waals surface area contributed by atoms with E-state index in [1.54, 1.807) is 6.07 Å². The molecule has 0 aliphatic carbocycles. The van der Waals surface area contributed by atoms with Crippen molar-refractivity contribution in [3.63, 3.8) is 0 Å². The minimum atomic E-state index is -0.0621. The highest BCUT2D eigenvalue weighted by Crippen LogP contribution is 2.24. The van der Waals surface area contributed by atoms with Crippen LogP contribution in [0.4, 0.5) is 5.13 Å². The molecule has 94 valence electrons. The SMILES string of the molecule is C=CCCCNC(=O)c1ccc2nc(N)sc2c1. The first-order valence-electron chi connectivity index (χ1n) is 5.76. The van der Waals surface area contributed by atoms with Gasteiger partial charge in [-0.3, -0.25) is 4.79 Å². The molecular weight excluding hydrogens is 246 g/mol. The van der Waals surface area contributed by atoms with Crippen LogP contribution in [0, 0.1) is 0 Å². The highest BCUT2D eigenvalue weighted by Gasteiger charge is 2.07. The third-order valence-electron chi connectivity index (χ3n) is 2.54. The topological polar surface area (TPSA) is 68.0 Å². The van der Waals surface area contributed by atoms with Gasteiger partial charge in [0.1, 0.15) is 0 Å². The highest BCUT2D eigenvalue weighted by atomic mass is 32.1. The van der Waals surface area contributed by atoms with Crippen molar-refractivity contribution in [3.8, 4) is 0 Å². The Balaban J connectivity index is 2.05. The lowest BCUT2D eigenvalue weighted by Gasteiger charge is -2.03. The Morgan fingerprint density at radius 2 is 2.39 bits per heavy atom. The maximum atomic E-state index is 11.9. The van der Waals surface area contributed by atoms with E-state index >= 15 is 0 Å². The van der Waals surface area contributed by atoms with Gasteiger partial charge in [0.25, 0.3) is 5.91 Å². The summed E-state index contributed by atoms with van der Waals surface area (Å²) in [6, 6.07) is 5.41. The van der Waals surface area contributed by atoms with Crippen molar-refractivity contribution in [2.24, 2.45) is 0 Å². The molecule has 0 radical (unpaired) electrons. The van der Waals surface area contributed by atoms with E-state index in [2.05, 4.69) is 16.9 Å². The lowest BCUT2D eigenvalue weighted by Crippen LogP contribution is -2.24. The number of thiazole rings is 1. The standard InChI is InChI=1S/C13H15N3OS/c1-2-3-4-7-15-12(17)9-5-6-10-11(8-9)18-13(14)16-10/h2,5-6,8H,1,3-4,7H2,(H2,14,16)(H,15,17). The maximum Gasteiger partial charge on any atom is 0.251 e. The number of rotatable bonds is 5. The minimum Gasteiger partial charge on any atom is -0.375 e. The van der Waals surface area contributed by atoms with Crippen molar-refractivity contribution in [1.29, 1.82) is 0 Å². The Kier molecular flexibility index (Phi) is 3.94. The molecule has 1 aromatic carbocycles. The molecule has 3 N–H and O–H groups in total. The number of nitrogens with one attached hydrogen (secondary N) is 1. The first-order valence-corrected chi connectivity index (χ1v) is 6.57. The van der Waals surface area contributed by atoms with E-state index in [1.165, 1.54) is 11.3 Å². The van der Waals surface area contributed by atoms with Gasteiger partial charge in [-0.05, 0) is 31.0 Å². The molecule has 5 heteroatoms. The molecule has 18 heavy (non-hydrogen) atoms. The molecule has 1 heterocycles. The number of hydrogen-bond donors (Lipinski definition) is 2. The van der Waals surface area contributed by atoms with E-state index in [4.69, 9.17) is 5.73 Å². The predicted octanol–water partition coefficient (Wildman–Crippen LogP) is 2.57. The van der Waals surface area contributed by atoms with Crippen LogP contribution >= 0.6 is 11.3 Å². The Bertz CT molecular complexity index is 577. The van der Waals surface area contributed by atoms with E-state index in [1.807, 2.05) is 18.2 Å². The van der Waals surface area contributed by atoms with Crippen molar-refractivity contribution in [2.45, 2.75) is 12.8 Å². The summed E-state index contributed by atoms with van der Waals surface area (Å²) in [6.45, 7) is 4.30. The van der Waals surface area contributed by atoms with E-state index in [9.17, 15) is 4.79 Å². The molecule has 1 aromatic heterocycles. The van der Waals surface area contributed by atoms with Crippen LogP contribution in [0.2, 0.25) is 0 Å². The van der Waals surface area contributed by atoms with Crippen molar-refractivity contribution in [1.82, 2.24) is 10.3 Å². The molecule has 0 bridgehead atoms. The Hall–Kier alpha value is -1.88. The van der Waals surface area contributed by atoms with Gasteiger partial charge in [-0.15, -0.1) is 6.58 Å². The van der Waals surface area contributed by atoms with E-state index < -0.39 is 0 Å². The maximum absolute atomic E-state index is 11.9. The van der Waals surface area contributed by atoms with Gasteiger partial charge in [0.15, 0.2) is 5.13 Å². The number of aromatic nitrogens is 1. The van der Waals surface area contributed by atoms with Gasteiger partial charge in [0, 0.05) is 12.1 Å². The van der Waals surface area contributed by atoms with Gasteiger partial charge in [0.05, 0.1) is 10.2 Å².